The molecule has 2 aromatic rings. The molecule has 0 aromatic heterocycles. The van der Waals surface area contributed by atoms with Crippen LogP contribution in [0.2, 0.25) is 0 Å². The molecule has 30 heavy (non-hydrogen) atoms. The van der Waals surface area contributed by atoms with Gasteiger partial charge in [-0.15, -0.1) is 0 Å². The second-order valence-electron chi connectivity index (χ2n) is 9.42. The average molecular weight is 413 g/mol. The van der Waals surface area contributed by atoms with Gasteiger partial charge in [0.25, 0.3) is 0 Å². The molecule has 2 unspecified atom stereocenters. The maximum atomic E-state index is 15.4. The first-order chi connectivity index (χ1) is 14.6. The molecule has 2 aromatic carbocycles. The molecule has 0 amide bonds. The van der Waals surface area contributed by atoms with Crippen molar-refractivity contribution in [3.05, 3.63) is 54.1 Å². The second kappa shape index (κ2) is 9.49. The Kier molecular flexibility index (Phi) is 6.75. The van der Waals surface area contributed by atoms with E-state index in [1.807, 2.05) is 12.1 Å². The summed E-state index contributed by atoms with van der Waals surface area (Å²) in [6.07, 6.45) is 12.9. The van der Waals surface area contributed by atoms with Gasteiger partial charge in [0.1, 0.15) is 12.4 Å². The molecule has 3 heteroatoms. The molecule has 0 radical (unpaired) electrons. The van der Waals surface area contributed by atoms with Crippen LogP contribution in [0.1, 0.15) is 76.2 Å². The quantitative estimate of drug-likeness (QED) is 0.417. The monoisotopic (exact) mass is 412 g/mol. The lowest BCUT2D eigenvalue weighted by Crippen LogP contribution is -2.30. The second-order valence-corrected chi connectivity index (χ2v) is 9.42. The van der Waals surface area contributed by atoms with E-state index in [4.69, 9.17) is 4.74 Å². The maximum Gasteiger partial charge on any atom is 0.165 e. The van der Waals surface area contributed by atoms with Crippen LogP contribution in [0.25, 0.3) is 10.8 Å². The molecule has 162 valence electrons. The lowest BCUT2D eigenvalue weighted by Gasteiger charge is -2.42. The van der Waals surface area contributed by atoms with E-state index in [2.05, 4.69) is 13.5 Å². The van der Waals surface area contributed by atoms with Gasteiger partial charge in [-0.05, 0) is 78.9 Å². The van der Waals surface area contributed by atoms with Crippen LogP contribution in [0.5, 0.6) is 5.75 Å². The minimum atomic E-state index is -0.519. The van der Waals surface area contributed by atoms with Crippen molar-refractivity contribution in [2.45, 2.75) is 70.6 Å². The Morgan fingerprint density at radius 1 is 1.07 bits per heavy atom. The Morgan fingerprint density at radius 3 is 2.67 bits per heavy atom. The number of fused-ring (bicyclic) bond motifs is 2. The smallest absolute Gasteiger partial charge is 0.165 e. The third-order valence-electron chi connectivity index (χ3n) is 7.52. The molecule has 2 fully saturated rings. The van der Waals surface area contributed by atoms with Crippen LogP contribution in [0.15, 0.2) is 36.9 Å². The van der Waals surface area contributed by atoms with Gasteiger partial charge in [-0.3, -0.25) is 0 Å². The van der Waals surface area contributed by atoms with Crippen LogP contribution in [0.3, 0.4) is 0 Å². The molecule has 0 spiro atoms. The Morgan fingerprint density at radius 2 is 1.87 bits per heavy atom. The molecular formula is C27H34F2O. The molecule has 1 nitrogen and oxygen atoms in total. The third-order valence-corrected chi connectivity index (χ3v) is 7.52. The molecule has 0 aliphatic heterocycles. The lowest BCUT2D eigenvalue weighted by atomic mass is 9.63. The predicted molar refractivity (Wildman–Crippen MR) is 120 cm³/mol. The number of benzene rings is 2. The molecule has 4 atom stereocenters. The van der Waals surface area contributed by atoms with E-state index in [1.54, 1.807) is 12.1 Å². The van der Waals surface area contributed by atoms with E-state index in [0.717, 1.165) is 36.2 Å². The lowest BCUT2D eigenvalue weighted by molar-refractivity contribution is 0.113. The highest BCUT2D eigenvalue weighted by molar-refractivity contribution is 5.85. The van der Waals surface area contributed by atoms with Gasteiger partial charge in [0.15, 0.2) is 11.6 Å². The van der Waals surface area contributed by atoms with Crippen molar-refractivity contribution >= 4 is 10.8 Å². The van der Waals surface area contributed by atoms with Gasteiger partial charge in [0, 0.05) is 5.39 Å². The van der Waals surface area contributed by atoms with Crippen molar-refractivity contribution in [2.75, 3.05) is 6.61 Å². The predicted octanol–water partition coefficient (Wildman–Crippen LogP) is 8.17. The zero-order valence-electron chi connectivity index (χ0n) is 18.1. The van der Waals surface area contributed by atoms with Crippen LogP contribution < -0.4 is 4.74 Å². The standard InChI is InChI=1S/C27H34F2O/c1-3-5-6-18-7-8-20-15-21(10-9-19(20)14-18)23-12-11-22-16-26(30-13-4-2)25(28)17-24(22)27(23)29/h4,11-12,16-21H,2-3,5-10,13-15H2,1H3/t18?,19-,20?,21-/m1/s1. The molecular weight excluding hydrogens is 378 g/mol. The first-order valence-electron chi connectivity index (χ1n) is 11.8. The summed E-state index contributed by atoms with van der Waals surface area (Å²) >= 11 is 0. The highest BCUT2D eigenvalue weighted by Crippen LogP contribution is 2.49. The van der Waals surface area contributed by atoms with E-state index >= 15 is 4.39 Å². The van der Waals surface area contributed by atoms with E-state index in [-0.39, 0.29) is 24.1 Å². The summed E-state index contributed by atoms with van der Waals surface area (Å²) in [4.78, 5) is 0. The van der Waals surface area contributed by atoms with Gasteiger partial charge in [0.2, 0.25) is 0 Å². The van der Waals surface area contributed by atoms with Gasteiger partial charge in [-0.25, -0.2) is 8.78 Å². The topological polar surface area (TPSA) is 9.23 Å². The SMILES string of the molecule is C=CCOc1cc2ccc([C@@H]3CC[C@@H]4CC(CCCC)CCC4C3)c(F)c2cc1F. The van der Waals surface area contributed by atoms with Crippen molar-refractivity contribution in [3.8, 4) is 5.75 Å². The molecule has 2 saturated carbocycles. The normalized spacial score (nSPS) is 26.4. The molecule has 2 aliphatic carbocycles. The van der Waals surface area contributed by atoms with Crippen LogP contribution in [-0.2, 0) is 0 Å². The van der Waals surface area contributed by atoms with Gasteiger partial charge in [-0.2, -0.15) is 0 Å². The van der Waals surface area contributed by atoms with Crippen LogP contribution >= 0.6 is 0 Å². The Balaban J connectivity index is 1.50. The van der Waals surface area contributed by atoms with Crippen molar-refractivity contribution in [1.29, 1.82) is 0 Å². The number of unbranched alkanes of at least 4 members (excludes halogenated alkanes) is 1. The highest BCUT2D eigenvalue weighted by Gasteiger charge is 2.36. The fraction of sp³-hybridized carbons (Fsp3) is 0.556. The van der Waals surface area contributed by atoms with Gasteiger partial charge in [-0.1, -0.05) is 57.4 Å². The summed E-state index contributed by atoms with van der Waals surface area (Å²) in [5, 5.41) is 1.04. The fourth-order valence-electron chi connectivity index (χ4n) is 5.90. The Labute approximate surface area is 179 Å². The molecule has 2 aliphatic rings. The molecule has 0 N–H and O–H groups in total. The Hall–Kier alpha value is -1.90. The average Bonchev–Trinajstić information content (AvgIpc) is 2.76. The number of rotatable bonds is 7. The van der Waals surface area contributed by atoms with Crippen molar-refractivity contribution < 1.29 is 13.5 Å². The van der Waals surface area contributed by atoms with Crippen LogP contribution in [-0.4, -0.2) is 6.61 Å². The number of halogens is 2. The van der Waals surface area contributed by atoms with E-state index in [0.29, 0.717) is 10.8 Å². The summed E-state index contributed by atoms with van der Waals surface area (Å²) in [5.74, 6) is 2.08. The zero-order valence-corrected chi connectivity index (χ0v) is 18.1. The number of hydrogen-bond acceptors (Lipinski definition) is 1. The third kappa shape index (κ3) is 4.40. The summed E-state index contributed by atoms with van der Waals surface area (Å²) in [6.45, 7) is 6.09. The van der Waals surface area contributed by atoms with Gasteiger partial charge >= 0.3 is 0 Å². The largest absolute Gasteiger partial charge is 0.486 e. The summed E-state index contributed by atoms with van der Waals surface area (Å²) in [6, 6.07) is 6.72. The number of ether oxygens (including phenoxy) is 1. The maximum absolute atomic E-state index is 15.4. The van der Waals surface area contributed by atoms with E-state index in [9.17, 15) is 4.39 Å². The van der Waals surface area contributed by atoms with Crippen molar-refractivity contribution in [3.63, 3.8) is 0 Å². The zero-order chi connectivity index (χ0) is 21.1. The van der Waals surface area contributed by atoms with Gasteiger partial charge in [0.05, 0.1) is 0 Å². The summed E-state index contributed by atoms with van der Waals surface area (Å²) < 4.78 is 35.2. The highest BCUT2D eigenvalue weighted by atomic mass is 19.1. The molecule has 0 heterocycles. The fourth-order valence-corrected chi connectivity index (χ4v) is 5.90. The van der Waals surface area contributed by atoms with Crippen molar-refractivity contribution in [1.82, 2.24) is 0 Å². The summed E-state index contributed by atoms with van der Waals surface area (Å²) in [5.41, 5.74) is 0.771. The van der Waals surface area contributed by atoms with Gasteiger partial charge < -0.3 is 4.74 Å². The minimum absolute atomic E-state index is 0.148. The van der Waals surface area contributed by atoms with E-state index in [1.165, 1.54) is 51.0 Å². The van der Waals surface area contributed by atoms with Crippen LogP contribution in [0, 0.1) is 29.4 Å². The number of hydrogen-bond donors (Lipinski definition) is 0. The first-order valence-corrected chi connectivity index (χ1v) is 11.8. The molecule has 0 bridgehead atoms. The summed E-state index contributed by atoms with van der Waals surface area (Å²) in [7, 11) is 0. The van der Waals surface area contributed by atoms with Crippen LogP contribution in [0.4, 0.5) is 8.78 Å². The van der Waals surface area contributed by atoms with Crippen molar-refractivity contribution in [2.24, 2.45) is 17.8 Å². The first kappa shape index (κ1) is 21.3. The molecule has 0 saturated heterocycles. The minimum Gasteiger partial charge on any atom is -0.486 e. The molecule has 4 rings (SSSR count). The van der Waals surface area contributed by atoms with E-state index < -0.39 is 5.82 Å². The Bertz CT molecular complexity index is 890.